The maximum absolute atomic E-state index is 12.3. The van der Waals surface area contributed by atoms with Gasteiger partial charge in [-0.2, -0.15) is 0 Å². The van der Waals surface area contributed by atoms with Crippen LogP contribution in [-0.4, -0.2) is 42.8 Å². The first-order valence-corrected chi connectivity index (χ1v) is 7.07. The lowest BCUT2D eigenvalue weighted by atomic mass is 10.1. The molecule has 1 saturated carbocycles. The summed E-state index contributed by atoms with van der Waals surface area (Å²) in [5.41, 5.74) is 1.13. The molecule has 0 aromatic heterocycles. The highest BCUT2D eigenvalue weighted by atomic mass is 16.1. The lowest BCUT2D eigenvalue weighted by Crippen LogP contribution is -2.46. The Bertz CT molecular complexity index is 511. The fourth-order valence-electron chi connectivity index (χ4n) is 2.86. The molecule has 0 spiro atoms. The molecule has 20 heavy (non-hydrogen) atoms. The lowest BCUT2D eigenvalue weighted by Gasteiger charge is -2.26. The van der Waals surface area contributed by atoms with Crippen LogP contribution in [0.25, 0.3) is 0 Å². The van der Waals surface area contributed by atoms with Crippen molar-refractivity contribution >= 4 is 11.7 Å². The van der Waals surface area contributed by atoms with Crippen LogP contribution in [0.4, 0.5) is 0 Å². The van der Waals surface area contributed by atoms with Crippen LogP contribution in [-0.2, 0) is 0 Å². The van der Waals surface area contributed by atoms with E-state index in [9.17, 15) is 9.59 Å². The number of rotatable bonds is 4. The van der Waals surface area contributed by atoms with Crippen molar-refractivity contribution in [1.82, 2.24) is 10.2 Å². The molecule has 0 saturated heterocycles. The number of ketones is 1. The molecule has 1 aliphatic carbocycles. The van der Waals surface area contributed by atoms with Crippen LogP contribution >= 0.6 is 0 Å². The fourth-order valence-corrected chi connectivity index (χ4v) is 2.86. The van der Waals surface area contributed by atoms with Crippen LogP contribution in [0.5, 0.6) is 0 Å². The second-order valence-electron chi connectivity index (χ2n) is 5.68. The summed E-state index contributed by atoms with van der Waals surface area (Å²) in [6, 6.07) is 7.49. The van der Waals surface area contributed by atoms with Gasteiger partial charge in [-0.05, 0) is 52.4 Å². The van der Waals surface area contributed by atoms with Gasteiger partial charge < -0.3 is 10.2 Å². The summed E-state index contributed by atoms with van der Waals surface area (Å²) in [5.74, 6) is -0.112. The number of carbonyl (C=O) groups is 2. The third-order valence-corrected chi connectivity index (χ3v) is 3.99. The van der Waals surface area contributed by atoms with Gasteiger partial charge in [0.1, 0.15) is 0 Å². The number of carbonyl (C=O) groups excluding carboxylic acids is 2. The Balaban J connectivity index is 2.08. The van der Waals surface area contributed by atoms with Gasteiger partial charge in [0.05, 0.1) is 0 Å². The normalized spacial score (nSPS) is 22.0. The highest BCUT2D eigenvalue weighted by Gasteiger charge is 2.30. The van der Waals surface area contributed by atoms with Crippen molar-refractivity contribution in [2.45, 2.75) is 38.3 Å². The van der Waals surface area contributed by atoms with Crippen molar-refractivity contribution in [3.8, 4) is 0 Å². The topological polar surface area (TPSA) is 49.4 Å². The summed E-state index contributed by atoms with van der Waals surface area (Å²) in [4.78, 5) is 25.8. The Labute approximate surface area is 120 Å². The summed E-state index contributed by atoms with van der Waals surface area (Å²) >= 11 is 0. The predicted octanol–water partition coefficient (Wildman–Crippen LogP) is 2.10. The number of benzene rings is 1. The maximum Gasteiger partial charge on any atom is 0.251 e. The quantitative estimate of drug-likeness (QED) is 0.855. The number of hydrogen-bond acceptors (Lipinski definition) is 3. The van der Waals surface area contributed by atoms with Crippen LogP contribution in [0.15, 0.2) is 24.3 Å². The Kier molecular flexibility index (Phi) is 4.55. The molecule has 0 heterocycles. The molecule has 0 bridgehead atoms. The molecular formula is C16H22N2O2. The number of nitrogens with one attached hydrogen (secondary N) is 1. The van der Waals surface area contributed by atoms with Gasteiger partial charge in [-0.1, -0.05) is 12.1 Å². The second-order valence-corrected chi connectivity index (χ2v) is 5.68. The standard InChI is InChI=1S/C16H22N2O2/c1-11(19)12-6-4-7-13(10-12)16(20)17-14-8-5-9-15(14)18(2)3/h4,6-7,10,14-15H,5,8-9H2,1-3H3,(H,17,20)/t14-,15-/m0/s1. The minimum Gasteiger partial charge on any atom is -0.348 e. The van der Waals surface area contributed by atoms with E-state index in [1.165, 1.54) is 6.92 Å². The molecule has 1 aliphatic rings. The van der Waals surface area contributed by atoms with Gasteiger partial charge in [0.15, 0.2) is 5.78 Å². The smallest absolute Gasteiger partial charge is 0.251 e. The van der Waals surface area contributed by atoms with Gasteiger partial charge in [0.2, 0.25) is 0 Å². The molecular weight excluding hydrogens is 252 g/mol. The monoisotopic (exact) mass is 274 g/mol. The molecule has 108 valence electrons. The highest BCUT2D eigenvalue weighted by Crippen LogP contribution is 2.23. The molecule has 2 rings (SSSR count). The maximum atomic E-state index is 12.3. The average molecular weight is 274 g/mol. The van der Waals surface area contributed by atoms with Crippen LogP contribution in [0.3, 0.4) is 0 Å². The SMILES string of the molecule is CC(=O)c1cccc(C(=O)N[C@H]2CCC[C@@H]2N(C)C)c1. The van der Waals surface area contributed by atoms with Gasteiger partial charge in [-0.15, -0.1) is 0 Å². The van der Waals surface area contributed by atoms with Crippen molar-refractivity contribution in [2.75, 3.05) is 14.1 Å². The van der Waals surface area contributed by atoms with E-state index in [4.69, 9.17) is 0 Å². The predicted molar refractivity (Wildman–Crippen MR) is 79.0 cm³/mol. The van der Waals surface area contributed by atoms with Gasteiger partial charge >= 0.3 is 0 Å². The summed E-state index contributed by atoms with van der Waals surface area (Å²) in [5, 5.41) is 3.10. The summed E-state index contributed by atoms with van der Waals surface area (Å²) in [6.45, 7) is 1.51. The summed E-state index contributed by atoms with van der Waals surface area (Å²) in [7, 11) is 4.09. The van der Waals surface area contributed by atoms with Crippen LogP contribution < -0.4 is 5.32 Å². The average Bonchev–Trinajstić information content (AvgIpc) is 2.87. The molecule has 0 unspecified atom stereocenters. The summed E-state index contributed by atoms with van der Waals surface area (Å²) < 4.78 is 0. The fraction of sp³-hybridized carbons (Fsp3) is 0.500. The second kappa shape index (κ2) is 6.18. The molecule has 4 heteroatoms. The van der Waals surface area contributed by atoms with E-state index >= 15 is 0 Å². The molecule has 1 aromatic rings. The first-order valence-electron chi connectivity index (χ1n) is 7.07. The van der Waals surface area contributed by atoms with E-state index in [0.29, 0.717) is 17.2 Å². The minimum absolute atomic E-state index is 0.0216. The molecule has 4 nitrogen and oxygen atoms in total. The lowest BCUT2D eigenvalue weighted by molar-refractivity contribution is 0.0919. The largest absolute Gasteiger partial charge is 0.348 e. The number of nitrogens with zero attached hydrogens (tertiary/aromatic N) is 1. The number of hydrogen-bond donors (Lipinski definition) is 1. The molecule has 1 aromatic carbocycles. The highest BCUT2D eigenvalue weighted by molar-refractivity contribution is 5.99. The van der Waals surface area contributed by atoms with Gasteiger partial charge in [0.25, 0.3) is 5.91 Å². The van der Waals surface area contributed by atoms with E-state index in [1.54, 1.807) is 24.3 Å². The number of amides is 1. The van der Waals surface area contributed by atoms with Crippen molar-refractivity contribution in [2.24, 2.45) is 0 Å². The minimum atomic E-state index is -0.0909. The molecule has 2 atom stereocenters. The van der Waals surface area contributed by atoms with E-state index in [1.807, 2.05) is 14.1 Å². The summed E-state index contributed by atoms with van der Waals surface area (Å²) in [6.07, 6.45) is 3.27. The van der Waals surface area contributed by atoms with Crippen molar-refractivity contribution in [1.29, 1.82) is 0 Å². The van der Waals surface area contributed by atoms with E-state index in [0.717, 1.165) is 19.3 Å². The molecule has 1 amide bonds. The zero-order valence-electron chi connectivity index (χ0n) is 12.3. The van der Waals surface area contributed by atoms with Gasteiger partial charge in [-0.3, -0.25) is 9.59 Å². The number of Topliss-reactive ketones (excluding diaryl/α,β-unsaturated/α-hetero) is 1. The van der Waals surface area contributed by atoms with Crippen molar-refractivity contribution in [3.63, 3.8) is 0 Å². The third-order valence-electron chi connectivity index (χ3n) is 3.99. The zero-order valence-corrected chi connectivity index (χ0v) is 12.3. The molecule has 0 aliphatic heterocycles. The van der Waals surface area contributed by atoms with E-state index in [2.05, 4.69) is 10.2 Å². The van der Waals surface area contributed by atoms with E-state index < -0.39 is 0 Å². The molecule has 1 N–H and O–H groups in total. The van der Waals surface area contributed by atoms with Crippen molar-refractivity contribution < 1.29 is 9.59 Å². The number of likely N-dealkylation sites (N-methyl/N-ethyl adjacent to an activating group) is 1. The Morgan fingerprint density at radius 2 is 1.90 bits per heavy atom. The zero-order chi connectivity index (χ0) is 14.7. The molecule has 1 fully saturated rings. The van der Waals surface area contributed by atoms with Crippen LogP contribution in [0.2, 0.25) is 0 Å². The van der Waals surface area contributed by atoms with Gasteiger partial charge in [0, 0.05) is 23.2 Å². The Morgan fingerprint density at radius 3 is 2.55 bits per heavy atom. The third kappa shape index (κ3) is 3.25. The van der Waals surface area contributed by atoms with Crippen LogP contribution in [0, 0.1) is 0 Å². The van der Waals surface area contributed by atoms with Crippen molar-refractivity contribution in [3.05, 3.63) is 35.4 Å². The van der Waals surface area contributed by atoms with E-state index in [-0.39, 0.29) is 17.7 Å². The first kappa shape index (κ1) is 14.7. The van der Waals surface area contributed by atoms with Crippen LogP contribution in [0.1, 0.15) is 46.9 Å². The Morgan fingerprint density at radius 1 is 1.20 bits per heavy atom. The first-order chi connectivity index (χ1) is 9.49. The molecule has 0 radical (unpaired) electrons. The van der Waals surface area contributed by atoms with Gasteiger partial charge in [-0.25, -0.2) is 0 Å². The Hall–Kier alpha value is -1.68.